The van der Waals surface area contributed by atoms with E-state index >= 15 is 0 Å². The van der Waals surface area contributed by atoms with Crippen LogP contribution < -0.4 is 0 Å². The molecule has 0 amide bonds. The van der Waals surface area contributed by atoms with Crippen molar-refractivity contribution in [3.05, 3.63) is 65.1 Å². The number of fused-ring (bicyclic) bond motifs is 3. The smallest absolute Gasteiger partial charge is 0.0211 e. The number of benzene rings is 2. The van der Waals surface area contributed by atoms with Crippen molar-refractivity contribution in [2.75, 3.05) is 0 Å². The second kappa shape index (κ2) is 6.63. The molecule has 129 valence electrons. The zero-order valence-electron chi connectivity index (χ0n) is 15.3. The Labute approximate surface area is 152 Å². The Hall–Kier alpha value is -1.56. The minimum absolute atomic E-state index is 0.796. The molecule has 0 atom stereocenters. The molecule has 0 unspecified atom stereocenters. The monoisotopic (exact) mass is 329 g/mol. The lowest BCUT2D eigenvalue weighted by Crippen LogP contribution is -2.05. The molecule has 0 heteroatoms. The third kappa shape index (κ3) is 2.94. The molecule has 0 aromatic heterocycles. The summed E-state index contributed by atoms with van der Waals surface area (Å²) >= 11 is 0. The van der Waals surface area contributed by atoms with Crippen molar-refractivity contribution in [2.45, 2.75) is 76.0 Å². The van der Waals surface area contributed by atoms with E-state index in [0.29, 0.717) is 0 Å². The van der Waals surface area contributed by atoms with E-state index in [1.54, 1.807) is 11.1 Å². The van der Waals surface area contributed by atoms with Gasteiger partial charge >= 0.3 is 0 Å². The van der Waals surface area contributed by atoms with Gasteiger partial charge in [-0.05, 0) is 70.9 Å². The normalized spacial score (nSPS) is 21.1. The Bertz CT molecular complexity index is 692. The Balaban J connectivity index is 1.49. The second-order valence-corrected chi connectivity index (χ2v) is 8.51. The highest BCUT2D eigenvalue weighted by molar-refractivity contribution is 5.82. The predicted octanol–water partition coefficient (Wildman–Crippen LogP) is 7.36. The first-order chi connectivity index (χ1) is 12.4. The summed E-state index contributed by atoms with van der Waals surface area (Å²) in [6.45, 7) is 0. The van der Waals surface area contributed by atoms with Gasteiger partial charge in [-0.3, -0.25) is 0 Å². The highest BCUT2D eigenvalue weighted by atomic mass is 14.3. The first kappa shape index (κ1) is 15.7. The Morgan fingerprint density at radius 3 is 1.40 bits per heavy atom. The van der Waals surface area contributed by atoms with Gasteiger partial charge in [0.25, 0.3) is 0 Å². The lowest BCUT2D eigenvalue weighted by atomic mass is 9.82. The number of hydrogen-bond donors (Lipinski definition) is 0. The minimum Gasteiger partial charge on any atom is -0.0584 e. The van der Waals surface area contributed by atoms with Crippen molar-refractivity contribution in [1.82, 2.24) is 0 Å². The van der Waals surface area contributed by atoms with Crippen molar-refractivity contribution in [3.63, 3.8) is 0 Å². The van der Waals surface area contributed by atoms with Gasteiger partial charge in [-0.25, -0.2) is 0 Å². The number of rotatable bonds is 2. The van der Waals surface area contributed by atoms with Gasteiger partial charge in [-0.15, -0.1) is 0 Å². The SMILES string of the molecule is [CH]1c2ccc(C3CCCCC3)cc2-c2cc(C3CCCCC3)ccc21. The van der Waals surface area contributed by atoms with Gasteiger partial charge in [-0.2, -0.15) is 0 Å². The fourth-order valence-corrected chi connectivity index (χ4v) is 5.41. The molecule has 0 nitrogen and oxygen atoms in total. The van der Waals surface area contributed by atoms with Crippen LogP contribution >= 0.6 is 0 Å². The van der Waals surface area contributed by atoms with Crippen LogP contribution in [0.2, 0.25) is 0 Å². The highest BCUT2D eigenvalue weighted by Gasteiger charge is 2.24. The molecule has 2 saturated carbocycles. The van der Waals surface area contributed by atoms with Crippen molar-refractivity contribution < 1.29 is 0 Å². The van der Waals surface area contributed by atoms with Crippen molar-refractivity contribution in [3.8, 4) is 11.1 Å². The summed E-state index contributed by atoms with van der Waals surface area (Å²) in [4.78, 5) is 0. The molecule has 0 N–H and O–H groups in total. The molecule has 0 saturated heterocycles. The molecule has 0 aliphatic heterocycles. The Morgan fingerprint density at radius 1 is 0.520 bits per heavy atom. The van der Waals surface area contributed by atoms with Crippen LogP contribution in [0, 0.1) is 6.42 Å². The topological polar surface area (TPSA) is 0 Å². The van der Waals surface area contributed by atoms with E-state index in [-0.39, 0.29) is 0 Å². The minimum atomic E-state index is 0.796. The summed E-state index contributed by atoms with van der Waals surface area (Å²) < 4.78 is 0. The van der Waals surface area contributed by atoms with Crippen LogP contribution in [0.15, 0.2) is 36.4 Å². The summed E-state index contributed by atoms with van der Waals surface area (Å²) in [5.41, 5.74) is 9.02. The third-order valence-corrected chi connectivity index (χ3v) is 6.91. The zero-order chi connectivity index (χ0) is 16.6. The average molecular weight is 330 g/mol. The van der Waals surface area contributed by atoms with Crippen molar-refractivity contribution in [1.29, 1.82) is 0 Å². The molecule has 1 radical (unpaired) electrons. The zero-order valence-corrected chi connectivity index (χ0v) is 15.3. The maximum atomic E-state index is 2.53. The van der Waals surface area contributed by atoms with Gasteiger partial charge in [0.05, 0.1) is 0 Å². The lowest BCUT2D eigenvalue weighted by Gasteiger charge is -2.23. The molecular weight excluding hydrogens is 300 g/mol. The predicted molar refractivity (Wildman–Crippen MR) is 106 cm³/mol. The first-order valence-corrected chi connectivity index (χ1v) is 10.5. The van der Waals surface area contributed by atoms with Crippen LogP contribution in [0.25, 0.3) is 11.1 Å². The van der Waals surface area contributed by atoms with Crippen molar-refractivity contribution >= 4 is 0 Å². The highest BCUT2D eigenvalue weighted by Crippen LogP contribution is 2.43. The van der Waals surface area contributed by atoms with E-state index in [9.17, 15) is 0 Å². The molecule has 3 aliphatic carbocycles. The van der Waals surface area contributed by atoms with Crippen LogP contribution in [0.5, 0.6) is 0 Å². The first-order valence-electron chi connectivity index (χ1n) is 10.5. The van der Waals surface area contributed by atoms with E-state index in [4.69, 9.17) is 0 Å². The Kier molecular flexibility index (Phi) is 4.16. The molecule has 2 aromatic carbocycles. The van der Waals surface area contributed by atoms with E-state index in [1.165, 1.54) is 86.5 Å². The largest absolute Gasteiger partial charge is 0.0584 e. The van der Waals surface area contributed by atoms with Gasteiger partial charge in [0.2, 0.25) is 0 Å². The summed E-state index contributed by atoms with van der Waals surface area (Å²) in [7, 11) is 0. The standard InChI is InChI=1S/C25H29/c1-3-7-18(8-4-1)20-11-13-22-15-23-14-12-21(17-25(23)24(22)16-20)19-9-5-2-6-10-19/h11-19H,1-10H2. The molecule has 0 heterocycles. The fraction of sp³-hybridized carbons (Fsp3) is 0.480. The van der Waals surface area contributed by atoms with Crippen LogP contribution in [0.3, 0.4) is 0 Å². The fourth-order valence-electron chi connectivity index (χ4n) is 5.41. The van der Waals surface area contributed by atoms with E-state index < -0.39 is 0 Å². The third-order valence-electron chi connectivity index (χ3n) is 6.91. The average Bonchev–Trinajstić information content (AvgIpc) is 3.06. The Morgan fingerprint density at radius 2 is 0.960 bits per heavy atom. The van der Waals surface area contributed by atoms with Crippen LogP contribution in [0.4, 0.5) is 0 Å². The van der Waals surface area contributed by atoms with Gasteiger partial charge in [-0.1, -0.05) is 74.9 Å². The van der Waals surface area contributed by atoms with E-state index in [2.05, 4.69) is 42.8 Å². The molecule has 5 rings (SSSR count). The summed E-state index contributed by atoms with van der Waals surface area (Å²) in [6, 6.07) is 14.6. The van der Waals surface area contributed by atoms with Crippen LogP contribution in [-0.4, -0.2) is 0 Å². The van der Waals surface area contributed by atoms with E-state index in [1.807, 2.05) is 0 Å². The maximum Gasteiger partial charge on any atom is 0.0211 e. The molecule has 2 aromatic rings. The van der Waals surface area contributed by atoms with Crippen LogP contribution in [-0.2, 0) is 0 Å². The van der Waals surface area contributed by atoms with Gasteiger partial charge in [0.15, 0.2) is 0 Å². The molecule has 25 heavy (non-hydrogen) atoms. The van der Waals surface area contributed by atoms with Crippen LogP contribution in [0.1, 0.15) is 98.3 Å². The molecule has 0 bridgehead atoms. The summed E-state index contributed by atoms with van der Waals surface area (Å²) in [5.74, 6) is 1.59. The molecule has 0 spiro atoms. The summed E-state index contributed by atoms with van der Waals surface area (Å²) in [5, 5.41) is 0. The lowest BCUT2D eigenvalue weighted by molar-refractivity contribution is 0.443. The number of hydrogen-bond acceptors (Lipinski definition) is 0. The van der Waals surface area contributed by atoms with Gasteiger partial charge in [0, 0.05) is 6.42 Å². The second-order valence-electron chi connectivity index (χ2n) is 8.51. The molecular formula is C25H29. The van der Waals surface area contributed by atoms with Gasteiger partial charge in [0.1, 0.15) is 0 Å². The summed E-state index contributed by atoms with van der Waals surface area (Å²) in [6.07, 6.45) is 16.5. The quantitative estimate of drug-likeness (QED) is 0.460. The molecule has 3 aliphatic rings. The maximum absolute atomic E-state index is 2.53. The van der Waals surface area contributed by atoms with Crippen molar-refractivity contribution in [2.24, 2.45) is 0 Å². The van der Waals surface area contributed by atoms with Gasteiger partial charge < -0.3 is 0 Å². The molecule has 2 fully saturated rings. The van der Waals surface area contributed by atoms with E-state index in [0.717, 1.165) is 11.8 Å².